The van der Waals surface area contributed by atoms with Gasteiger partial charge >= 0.3 is 5.63 Å². The van der Waals surface area contributed by atoms with Crippen LogP contribution in [0.5, 0.6) is 0 Å². The molecule has 0 bridgehead atoms. The lowest BCUT2D eigenvalue weighted by Crippen LogP contribution is -2.22. The van der Waals surface area contributed by atoms with Crippen molar-refractivity contribution >= 4 is 39.4 Å². The van der Waals surface area contributed by atoms with Gasteiger partial charge in [0.25, 0.3) is 5.91 Å². The predicted octanol–water partition coefficient (Wildman–Crippen LogP) is 4.73. The molecule has 2 heterocycles. The second kappa shape index (κ2) is 7.92. The summed E-state index contributed by atoms with van der Waals surface area (Å²) in [6.07, 6.45) is 1.52. The molecule has 4 aromatic rings. The van der Waals surface area contributed by atoms with Crippen LogP contribution in [0.25, 0.3) is 21.9 Å². The monoisotopic (exact) mass is 446 g/mol. The maximum atomic E-state index is 12.8. The summed E-state index contributed by atoms with van der Waals surface area (Å²) in [5.41, 5.74) is 9.07. The van der Waals surface area contributed by atoms with E-state index in [0.29, 0.717) is 22.1 Å². The van der Waals surface area contributed by atoms with Crippen molar-refractivity contribution < 1.29 is 18.4 Å². The van der Waals surface area contributed by atoms with E-state index in [-0.39, 0.29) is 28.7 Å². The molecule has 0 atom stereocenters. The Bertz CT molecular complexity index is 1480. The van der Waals surface area contributed by atoms with Crippen LogP contribution in [0.2, 0.25) is 0 Å². The zero-order valence-electron chi connectivity index (χ0n) is 19.3. The van der Waals surface area contributed by atoms with Crippen LogP contribution in [0, 0.1) is 13.8 Å². The highest BCUT2D eigenvalue weighted by Crippen LogP contribution is 2.39. The van der Waals surface area contributed by atoms with Crippen molar-refractivity contribution in [2.24, 2.45) is 5.73 Å². The number of hydrogen-bond acceptors (Lipinski definition) is 5. The largest absolute Gasteiger partial charge is 0.463 e. The van der Waals surface area contributed by atoms with Gasteiger partial charge in [0.1, 0.15) is 11.2 Å². The molecule has 2 amide bonds. The van der Waals surface area contributed by atoms with E-state index in [0.717, 1.165) is 16.5 Å². The molecule has 7 heteroatoms. The topological polar surface area (TPSA) is 116 Å². The fourth-order valence-corrected chi connectivity index (χ4v) is 4.21. The summed E-state index contributed by atoms with van der Waals surface area (Å²) in [6.45, 7) is 10.1. The molecule has 7 nitrogen and oxygen atoms in total. The second-order valence-corrected chi connectivity index (χ2v) is 9.30. The SMILES string of the molecule is Cc1cc2oc(=O)c(CC(=O)Nc3ccccc3C(N)=O)c(C)c2c2occ(C(C)(C)C)c12. The standard InChI is InChI=1S/C26H26N2O5/c1-13-10-19-22(23-21(13)17(12-32-23)26(3,4)5)14(2)16(25(31)33-19)11-20(29)28-18-9-7-6-8-15(18)24(27)30/h6-10,12H,11H2,1-5H3,(H2,27,30)(H,28,29). The molecule has 0 saturated heterocycles. The molecule has 3 N–H and O–H groups in total. The molecule has 170 valence electrons. The number of nitrogens with one attached hydrogen (secondary N) is 1. The summed E-state index contributed by atoms with van der Waals surface area (Å²) in [7, 11) is 0. The Labute approximate surface area is 190 Å². The van der Waals surface area contributed by atoms with Gasteiger partial charge in [0.2, 0.25) is 5.91 Å². The summed E-state index contributed by atoms with van der Waals surface area (Å²) in [5, 5.41) is 4.33. The number of furan rings is 1. The van der Waals surface area contributed by atoms with Gasteiger partial charge < -0.3 is 19.9 Å². The minimum atomic E-state index is -0.655. The first-order valence-corrected chi connectivity index (χ1v) is 10.6. The molecule has 2 aromatic heterocycles. The summed E-state index contributed by atoms with van der Waals surface area (Å²) in [6, 6.07) is 8.28. The van der Waals surface area contributed by atoms with Crippen LogP contribution in [0.4, 0.5) is 5.69 Å². The second-order valence-electron chi connectivity index (χ2n) is 9.30. The lowest BCUT2D eigenvalue weighted by Gasteiger charge is -2.17. The number of nitrogens with two attached hydrogens (primary N) is 1. The first-order chi connectivity index (χ1) is 15.5. The Morgan fingerprint density at radius 1 is 1.09 bits per heavy atom. The fourth-order valence-electron chi connectivity index (χ4n) is 4.21. The smallest absolute Gasteiger partial charge is 0.340 e. The molecular weight excluding hydrogens is 420 g/mol. The maximum Gasteiger partial charge on any atom is 0.340 e. The van der Waals surface area contributed by atoms with E-state index >= 15 is 0 Å². The van der Waals surface area contributed by atoms with Crippen LogP contribution in [-0.4, -0.2) is 11.8 Å². The van der Waals surface area contributed by atoms with Crippen molar-refractivity contribution in [3.05, 3.63) is 74.8 Å². The number of primary amides is 1. The van der Waals surface area contributed by atoms with Gasteiger partial charge in [-0.25, -0.2) is 4.79 Å². The van der Waals surface area contributed by atoms with Crippen LogP contribution >= 0.6 is 0 Å². The predicted molar refractivity (Wildman–Crippen MR) is 128 cm³/mol. The van der Waals surface area contributed by atoms with Gasteiger partial charge in [-0.15, -0.1) is 0 Å². The Balaban J connectivity index is 1.81. The van der Waals surface area contributed by atoms with Gasteiger partial charge in [-0.2, -0.15) is 0 Å². The van der Waals surface area contributed by atoms with Gasteiger partial charge in [-0.1, -0.05) is 32.9 Å². The van der Waals surface area contributed by atoms with Crippen molar-refractivity contribution in [2.75, 3.05) is 5.32 Å². The molecule has 0 radical (unpaired) electrons. The van der Waals surface area contributed by atoms with Crippen molar-refractivity contribution in [3.8, 4) is 0 Å². The third kappa shape index (κ3) is 3.91. The first kappa shape index (κ1) is 22.3. The van der Waals surface area contributed by atoms with E-state index in [2.05, 4.69) is 26.1 Å². The highest BCUT2D eigenvalue weighted by Gasteiger charge is 2.25. The van der Waals surface area contributed by atoms with Crippen LogP contribution in [0.1, 0.15) is 53.4 Å². The summed E-state index contributed by atoms with van der Waals surface area (Å²) < 4.78 is 11.6. The number of anilines is 1. The number of rotatable bonds is 4. The van der Waals surface area contributed by atoms with Gasteiger partial charge in [-0.3, -0.25) is 9.59 Å². The average Bonchev–Trinajstić information content (AvgIpc) is 3.17. The van der Waals surface area contributed by atoms with Crippen molar-refractivity contribution in [1.29, 1.82) is 0 Å². The lowest BCUT2D eigenvalue weighted by atomic mass is 9.85. The van der Waals surface area contributed by atoms with Gasteiger partial charge in [-0.05, 0) is 48.6 Å². The Morgan fingerprint density at radius 2 is 1.79 bits per heavy atom. The van der Waals surface area contributed by atoms with E-state index < -0.39 is 17.4 Å². The van der Waals surface area contributed by atoms with Crippen LogP contribution in [-0.2, 0) is 16.6 Å². The molecule has 0 saturated carbocycles. The summed E-state index contributed by atoms with van der Waals surface area (Å²) in [5.74, 6) is -1.12. The van der Waals surface area contributed by atoms with E-state index in [1.807, 2.05) is 13.0 Å². The van der Waals surface area contributed by atoms with Crippen molar-refractivity contribution in [2.45, 2.75) is 46.5 Å². The quantitative estimate of drug-likeness (QED) is 0.440. The minimum absolute atomic E-state index is 0.135. The van der Waals surface area contributed by atoms with E-state index in [1.54, 1.807) is 31.4 Å². The third-order valence-corrected chi connectivity index (χ3v) is 5.90. The normalized spacial score (nSPS) is 11.8. The van der Waals surface area contributed by atoms with Crippen LogP contribution < -0.4 is 16.7 Å². The van der Waals surface area contributed by atoms with E-state index in [4.69, 9.17) is 14.6 Å². The Hall–Kier alpha value is -3.87. The number of amides is 2. The number of benzene rings is 2. The maximum absolute atomic E-state index is 12.8. The molecule has 0 aliphatic carbocycles. The van der Waals surface area contributed by atoms with Gasteiger partial charge in [0, 0.05) is 10.9 Å². The highest BCUT2D eigenvalue weighted by atomic mass is 16.4. The van der Waals surface area contributed by atoms with Crippen LogP contribution in [0.15, 0.2) is 50.2 Å². The minimum Gasteiger partial charge on any atom is -0.463 e. The molecule has 0 fully saturated rings. The number of aryl methyl sites for hydroxylation is 2. The first-order valence-electron chi connectivity index (χ1n) is 10.6. The van der Waals surface area contributed by atoms with Gasteiger partial charge in [0.05, 0.1) is 34.9 Å². The molecule has 0 aliphatic rings. The van der Waals surface area contributed by atoms with E-state index in [9.17, 15) is 14.4 Å². The van der Waals surface area contributed by atoms with Gasteiger partial charge in [0.15, 0.2) is 0 Å². The van der Waals surface area contributed by atoms with Crippen LogP contribution in [0.3, 0.4) is 0 Å². The Kier molecular flexibility index (Phi) is 5.36. The average molecular weight is 447 g/mol. The number of para-hydroxylation sites is 1. The molecule has 0 aliphatic heterocycles. The van der Waals surface area contributed by atoms with Crippen molar-refractivity contribution in [1.82, 2.24) is 0 Å². The molecular formula is C26H26N2O5. The molecule has 0 spiro atoms. The zero-order valence-corrected chi connectivity index (χ0v) is 19.3. The van der Waals surface area contributed by atoms with Crippen molar-refractivity contribution in [3.63, 3.8) is 0 Å². The highest BCUT2D eigenvalue weighted by molar-refractivity contribution is 6.08. The van der Waals surface area contributed by atoms with E-state index in [1.165, 1.54) is 6.07 Å². The fraction of sp³-hybridized carbons (Fsp3) is 0.269. The number of hydrogen-bond donors (Lipinski definition) is 2. The number of fused-ring (bicyclic) bond motifs is 3. The number of carbonyl (C=O) groups is 2. The molecule has 33 heavy (non-hydrogen) atoms. The Morgan fingerprint density at radius 3 is 2.45 bits per heavy atom. The zero-order chi connectivity index (χ0) is 24.1. The molecule has 2 aromatic carbocycles. The lowest BCUT2D eigenvalue weighted by molar-refractivity contribution is -0.115. The third-order valence-electron chi connectivity index (χ3n) is 5.90. The summed E-state index contributed by atoms with van der Waals surface area (Å²) in [4.78, 5) is 37.2. The molecule has 0 unspecified atom stereocenters. The number of carbonyl (C=O) groups excluding carboxylic acids is 2. The molecule has 4 rings (SSSR count). The summed E-state index contributed by atoms with van der Waals surface area (Å²) >= 11 is 0.